The molecule has 25 heavy (non-hydrogen) atoms. The van der Waals surface area contributed by atoms with E-state index < -0.39 is 24.1 Å². The molecule has 0 spiro atoms. The van der Waals surface area contributed by atoms with Crippen LogP contribution < -0.4 is 0 Å². The van der Waals surface area contributed by atoms with Gasteiger partial charge in [0.2, 0.25) is 0 Å². The number of hydrogen-bond acceptors (Lipinski definition) is 4. The Kier molecular flexibility index (Phi) is 12.5. The average Bonchev–Trinajstić information content (AvgIpc) is 2.43. The third-order valence-corrected chi connectivity index (χ3v) is 3.99. The lowest BCUT2D eigenvalue weighted by Gasteiger charge is -2.28. The number of likely N-dealkylation sites (N-methyl/N-ethyl adjacent to an activating group) is 1. The van der Waals surface area contributed by atoms with E-state index >= 15 is 0 Å². The summed E-state index contributed by atoms with van der Waals surface area (Å²) in [4.78, 5) is 22.9. The molecule has 6 heteroatoms. The quantitative estimate of drug-likeness (QED) is 0.266. The van der Waals surface area contributed by atoms with Crippen LogP contribution in [0.15, 0.2) is 0 Å². The van der Waals surface area contributed by atoms with Gasteiger partial charge in [-0.2, -0.15) is 0 Å². The highest BCUT2D eigenvalue weighted by Crippen LogP contribution is 2.13. The highest BCUT2D eigenvalue weighted by Gasteiger charge is 2.25. The number of esters is 1. The van der Waals surface area contributed by atoms with Crippen LogP contribution in [-0.2, 0) is 14.3 Å². The van der Waals surface area contributed by atoms with Crippen LogP contribution in [0, 0.1) is 0 Å². The molecular formula is C19H38NO5+. The fourth-order valence-electron chi connectivity index (χ4n) is 2.81. The molecule has 0 heterocycles. The van der Waals surface area contributed by atoms with E-state index in [4.69, 9.17) is 9.84 Å². The number of carboxylic acid groups (broad SMARTS) is 1. The lowest BCUT2D eigenvalue weighted by atomic mass is 10.0. The Morgan fingerprint density at radius 3 is 2.04 bits per heavy atom. The molecule has 0 aromatic carbocycles. The number of aliphatic carboxylic acids is 1. The van der Waals surface area contributed by atoms with Gasteiger partial charge in [0.1, 0.15) is 6.54 Å². The molecule has 0 aliphatic heterocycles. The number of hydrogen-bond donors (Lipinski definition) is 2. The number of quaternary nitrogens is 1. The van der Waals surface area contributed by atoms with Gasteiger partial charge in [-0.15, -0.1) is 0 Å². The number of carbonyl (C=O) groups is 2. The molecule has 0 aromatic heterocycles. The van der Waals surface area contributed by atoms with E-state index in [2.05, 4.69) is 6.92 Å². The highest BCUT2D eigenvalue weighted by molar-refractivity contribution is 5.71. The van der Waals surface area contributed by atoms with Gasteiger partial charge in [0.05, 0.1) is 40.1 Å². The third kappa shape index (κ3) is 16.1. The van der Waals surface area contributed by atoms with Crippen LogP contribution in [0.3, 0.4) is 0 Å². The number of ether oxygens (including phenoxy) is 1. The second-order valence-corrected chi connectivity index (χ2v) is 7.95. The Bertz CT molecular complexity index is 379. The van der Waals surface area contributed by atoms with Crippen LogP contribution in [-0.4, -0.2) is 66.5 Å². The minimum atomic E-state index is -0.991. The molecule has 2 atom stereocenters. The Labute approximate surface area is 152 Å². The number of unbranched alkanes of at least 4 members (excludes halogenated alkanes) is 6. The van der Waals surface area contributed by atoms with Gasteiger partial charge in [0, 0.05) is 0 Å². The summed E-state index contributed by atoms with van der Waals surface area (Å²) in [5.41, 5.74) is 0. The first kappa shape index (κ1) is 23.9. The average molecular weight is 361 g/mol. The zero-order valence-electron chi connectivity index (χ0n) is 16.5. The zero-order valence-corrected chi connectivity index (χ0v) is 16.5. The van der Waals surface area contributed by atoms with Crippen molar-refractivity contribution >= 4 is 11.9 Å². The van der Waals surface area contributed by atoms with Crippen molar-refractivity contribution in [3.05, 3.63) is 0 Å². The van der Waals surface area contributed by atoms with Crippen molar-refractivity contribution in [3.63, 3.8) is 0 Å². The van der Waals surface area contributed by atoms with Gasteiger partial charge >= 0.3 is 11.9 Å². The van der Waals surface area contributed by atoms with Gasteiger partial charge in [-0.25, -0.2) is 0 Å². The van der Waals surface area contributed by atoms with Crippen LogP contribution in [0.5, 0.6) is 0 Å². The van der Waals surface area contributed by atoms with Crippen molar-refractivity contribution in [1.29, 1.82) is 0 Å². The summed E-state index contributed by atoms with van der Waals surface area (Å²) in [5.74, 6) is -1.51. The first-order valence-electron chi connectivity index (χ1n) is 9.53. The summed E-state index contributed by atoms with van der Waals surface area (Å²) >= 11 is 0. The van der Waals surface area contributed by atoms with Gasteiger partial charge in [0.15, 0.2) is 6.10 Å². The molecule has 0 amide bonds. The molecule has 0 aliphatic carbocycles. The number of nitrogens with zero attached hydrogens (tertiary/aromatic N) is 1. The molecule has 0 bridgehead atoms. The van der Waals surface area contributed by atoms with Gasteiger partial charge in [-0.05, 0) is 6.42 Å². The van der Waals surface area contributed by atoms with Crippen molar-refractivity contribution in [1.82, 2.24) is 0 Å². The summed E-state index contributed by atoms with van der Waals surface area (Å²) in [7, 11) is 5.74. The molecule has 0 aromatic rings. The van der Waals surface area contributed by atoms with Crippen LogP contribution in [0.1, 0.15) is 71.1 Å². The van der Waals surface area contributed by atoms with E-state index in [1.165, 1.54) is 32.1 Å². The summed E-state index contributed by atoms with van der Waals surface area (Å²) in [5, 5.41) is 18.9. The van der Waals surface area contributed by atoms with Crippen LogP contribution in [0.2, 0.25) is 0 Å². The Morgan fingerprint density at radius 2 is 1.52 bits per heavy atom. The Balaban J connectivity index is 4.04. The largest absolute Gasteiger partial charge is 0.481 e. The van der Waals surface area contributed by atoms with Crippen LogP contribution >= 0.6 is 0 Å². The number of aliphatic hydroxyl groups excluding tert-OH is 1. The van der Waals surface area contributed by atoms with Gasteiger partial charge in [0.25, 0.3) is 0 Å². The summed E-state index contributed by atoms with van der Waals surface area (Å²) in [6.07, 6.45) is 7.07. The highest BCUT2D eigenvalue weighted by atomic mass is 16.5. The number of aliphatic hydroxyl groups is 1. The molecule has 0 radical (unpaired) electrons. The fraction of sp³-hybridized carbons (Fsp3) is 0.895. The molecule has 148 valence electrons. The molecule has 2 N–H and O–H groups in total. The van der Waals surface area contributed by atoms with E-state index in [1.807, 2.05) is 21.1 Å². The van der Waals surface area contributed by atoms with Crippen molar-refractivity contribution in [2.45, 2.75) is 83.3 Å². The first-order chi connectivity index (χ1) is 11.6. The topological polar surface area (TPSA) is 83.8 Å². The van der Waals surface area contributed by atoms with Crippen molar-refractivity contribution in [3.8, 4) is 0 Å². The van der Waals surface area contributed by atoms with E-state index in [9.17, 15) is 14.7 Å². The SMILES string of the molecule is CCCCCCCCC[C@@H](O)CC(=O)O[C@H](CC(=O)O)C[N+](C)(C)C. The summed E-state index contributed by atoms with van der Waals surface area (Å²) in [6, 6.07) is 0. The molecule has 0 rings (SSSR count). The van der Waals surface area contributed by atoms with E-state index in [-0.39, 0.29) is 12.8 Å². The summed E-state index contributed by atoms with van der Waals surface area (Å²) < 4.78 is 5.79. The number of carboxylic acids is 1. The monoisotopic (exact) mass is 360 g/mol. The van der Waals surface area contributed by atoms with Crippen LogP contribution in [0.4, 0.5) is 0 Å². The fourth-order valence-corrected chi connectivity index (χ4v) is 2.81. The number of carbonyl (C=O) groups excluding carboxylic acids is 1. The van der Waals surface area contributed by atoms with Crippen molar-refractivity contribution < 1.29 is 29.0 Å². The lowest BCUT2D eigenvalue weighted by Crippen LogP contribution is -2.44. The molecule has 0 saturated heterocycles. The maximum atomic E-state index is 12.0. The molecule has 0 fully saturated rings. The molecule has 0 saturated carbocycles. The first-order valence-corrected chi connectivity index (χ1v) is 9.53. The van der Waals surface area contributed by atoms with Gasteiger partial charge in [-0.3, -0.25) is 9.59 Å². The van der Waals surface area contributed by atoms with E-state index in [0.29, 0.717) is 17.4 Å². The van der Waals surface area contributed by atoms with E-state index in [1.54, 1.807) is 0 Å². The zero-order chi connectivity index (χ0) is 19.3. The molecular weight excluding hydrogens is 322 g/mol. The third-order valence-electron chi connectivity index (χ3n) is 3.99. The Hall–Kier alpha value is -1.14. The Morgan fingerprint density at radius 1 is 0.960 bits per heavy atom. The normalized spacial score (nSPS) is 14.1. The maximum Gasteiger partial charge on any atom is 0.308 e. The molecule has 6 nitrogen and oxygen atoms in total. The summed E-state index contributed by atoms with van der Waals surface area (Å²) in [6.45, 7) is 2.61. The maximum absolute atomic E-state index is 12.0. The predicted octanol–water partition coefficient (Wildman–Crippen LogP) is 2.97. The molecule has 0 unspecified atom stereocenters. The van der Waals surface area contributed by atoms with Crippen LogP contribution in [0.25, 0.3) is 0 Å². The van der Waals surface area contributed by atoms with Crippen molar-refractivity contribution in [2.75, 3.05) is 27.7 Å². The van der Waals surface area contributed by atoms with Crippen molar-refractivity contribution in [2.24, 2.45) is 0 Å². The minimum Gasteiger partial charge on any atom is -0.481 e. The number of rotatable bonds is 15. The van der Waals surface area contributed by atoms with E-state index in [0.717, 1.165) is 12.8 Å². The smallest absolute Gasteiger partial charge is 0.308 e. The minimum absolute atomic E-state index is 0.0664. The van der Waals surface area contributed by atoms with Gasteiger partial charge in [-0.1, -0.05) is 51.9 Å². The lowest BCUT2D eigenvalue weighted by molar-refractivity contribution is -0.873. The second kappa shape index (κ2) is 13.1. The standard InChI is InChI=1S/C19H37NO5/c1-5-6-7-8-9-10-11-12-16(21)13-19(24)25-17(14-18(22)23)15-20(2,3)4/h16-17,21H,5-15H2,1-4H3/p+1/t16-,17-/m1/s1. The van der Waals surface area contributed by atoms with Gasteiger partial charge < -0.3 is 19.4 Å². The molecule has 0 aliphatic rings. The second-order valence-electron chi connectivity index (χ2n) is 7.95. The predicted molar refractivity (Wildman–Crippen MR) is 98.3 cm³/mol.